The van der Waals surface area contributed by atoms with E-state index in [1.54, 1.807) is 31.4 Å². The molecule has 0 heterocycles. The molecule has 1 aliphatic rings. The Balaban J connectivity index is 1.67. The molecule has 0 radical (unpaired) electrons. The van der Waals surface area contributed by atoms with Crippen molar-refractivity contribution in [2.75, 3.05) is 12.4 Å². The highest BCUT2D eigenvalue weighted by molar-refractivity contribution is 5.88. The van der Waals surface area contributed by atoms with Gasteiger partial charge < -0.3 is 15.2 Å². The van der Waals surface area contributed by atoms with Crippen LogP contribution in [-0.2, 0) is 5.41 Å². The number of nitrogens with zero attached hydrogens (tertiary/aromatic N) is 1. The lowest BCUT2D eigenvalue weighted by Crippen LogP contribution is -2.35. The number of hydrogen-bond donors (Lipinski definition) is 2. The van der Waals surface area contributed by atoms with Crippen molar-refractivity contribution in [3.05, 3.63) is 59.7 Å². The Kier molecular flexibility index (Phi) is 5.13. The van der Waals surface area contributed by atoms with Gasteiger partial charge in [0, 0.05) is 11.7 Å². The van der Waals surface area contributed by atoms with E-state index in [1.165, 1.54) is 0 Å². The first-order chi connectivity index (χ1) is 12.6. The second kappa shape index (κ2) is 7.49. The van der Waals surface area contributed by atoms with Gasteiger partial charge in [0.1, 0.15) is 5.75 Å². The smallest absolute Gasteiger partial charge is 0.335 e. The number of methoxy groups -OCH3 is 1. The van der Waals surface area contributed by atoms with Gasteiger partial charge in [0.25, 0.3) is 0 Å². The molecular formula is C21H22N2O3. The fourth-order valence-electron chi connectivity index (χ4n) is 3.59. The molecular weight excluding hydrogens is 328 g/mol. The molecule has 0 spiro atoms. The van der Waals surface area contributed by atoms with Crippen molar-refractivity contribution in [1.29, 1.82) is 5.26 Å². The molecule has 1 aliphatic carbocycles. The van der Waals surface area contributed by atoms with E-state index in [0.717, 1.165) is 42.7 Å². The van der Waals surface area contributed by atoms with Gasteiger partial charge in [-0.1, -0.05) is 12.1 Å². The molecule has 26 heavy (non-hydrogen) atoms. The summed E-state index contributed by atoms with van der Waals surface area (Å²) in [5, 5.41) is 22.3. The van der Waals surface area contributed by atoms with Gasteiger partial charge in [-0.3, -0.25) is 0 Å². The minimum Gasteiger partial charge on any atom is -0.497 e. The molecule has 1 fully saturated rings. The molecule has 1 saturated carbocycles. The van der Waals surface area contributed by atoms with Crippen LogP contribution in [0.2, 0.25) is 0 Å². The summed E-state index contributed by atoms with van der Waals surface area (Å²) >= 11 is 0. The van der Waals surface area contributed by atoms with Crippen LogP contribution in [0, 0.1) is 11.3 Å². The van der Waals surface area contributed by atoms with Crippen LogP contribution in [0.4, 0.5) is 5.69 Å². The number of aromatic carboxylic acids is 1. The lowest BCUT2D eigenvalue weighted by Gasteiger charge is -2.36. The Morgan fingerprint density at radius 1 is 1.23 bits per heavy atom. The Labute approximate surface area is 153 Å². The third kappa shape index (κ3) is 3.65. The number of anilines is 1. The van der Waals surface area contributed by atoms with Crippen LogP contribution in [-0.4, -0.2) is 24.2 Å². The summed E-state index contributed by atoms with van der Waals surface area (Å²) in [6.45, 7) is 0. The van der Waals surface area contributed by atoms with Gasteiger partial charge in [0.05, 0.1) is 24.2 Å². The number of nitrogens with one attached hydrogen (secondary N) is 1. The molecule has 0 atom stereocenters. The fourth-order valence-corrected chi connectivity index (χ4v) is 3.59. The van der Waals surface area contributed by atoms with Gasteiger partial charge in [-0.2, -0.15) is 5.26 Å². The van der Waals surface area contributed by atoms with Gasteiger partial charge in [-0.25, -0.2) is 4.79 Å². The second-order valence-electron chi connectivity index (χ2n) is 6.73. The van der Waals surface area contributed by atoms with Crippen molar-refractivity contribution in [2.45, 2.75) is 37.1 Å². The van der Waals surface area contributed by atoms with Crippen LogP contribution in [0.15, 0.2) is 48.5 Å². The van der Waals surface area contributed by atoms with E-state index in [0.29, 0.717) is 0 Å². The van der Waals surface area contributed by atoms with Crippen LogP contribution in [0.25, 0.3) is 0 Å². The molecule has 3 rings (SSSR count). The molecule has 2 aromatic carbocycles. The number of hydrogen-bond acceptors (Lipinski definition) is 4. The highest BCUT2D eigenvalue weighted by atomic mass is 16.5. The second-order valence-corrected chi connectivity index (χ2v) is 6.73. The molecule has 0 saturated heterocycles. The van der Waals surface area contributed by atoms with Gasteiger partial charge in [0.15, 0.2) is 0 Å². The third-order valence-electron chi connectivity index (χ3n) is 5.18. The highest BCUT2D eigenvalue weighted by Gasteiger charge is 2.37. The molecule has 0 unspecified atom stereocenters. The molecule has 0 bridgehead atoms. The number of carboxylic acids is 1. The Hall–Kier alpha value is -3.00. The maximum absolute atomic E-state index is 10.9. The Bertz CT molecular complexity index is 816. The molecule has 134 valence electrons. The molecule has 0 amide bonds. The third-order valence-corrected chi connectivity index (χ3v) is 5.18. The standard InChI is InChI=1S/C21H22N2O3/c1-26-19-4-2-3-16(13-19)21(14-22)11-9-18(10-12-21)23-17-7-5-15(6-8-17)20(24)25/h2-8,13,18,23H,9-12H2,1H3,(H,24,25)/t18-,21+. The number of carbonyl (C=O) groups is 1. The Morgan fingerprint density at radius 2 is 1.92 bits per heavy atom. The van der Waals surface area contributed by atoms with Crippen molar-refractivity contribution < 1.29 is 14.6 Å². The van der Waals surface area contributed by atoms with Crippen LogP contribution in [0.5, 0.6) is 5.75 Å². The first-order valence-corrected chi connectivity index (χ1v) is 8.72. The van der Waals surface area contributed by atoms with Crippen molar-refractivity contribution in [2.24, 2.45) is 0 Å². The molecule has 2 N–H and O–H groups in total. The molecule has 2 aromatic rings. The van der Waals surface area contributed by atoms with Crippen LogP contribution in [0.3, 0.4) is 0 Å². The molecule has 5 heteroatoms. The van der Waals surface area contributed by atoms with Gasteiger partial charge in [0.2, 0.25) is 0 Å². The average molecular weight is 350 g/mol. The van der Waals surface area contributed by atoms with E-state index in [-0.39, 0.29) is 11.6 Å². The van der Waals surface area contributed by atoms with Crippen molar-refractivity contribution in [3.8, 4) is 11.8 Å². The molecule has 0 aromatic heterocycles. The SMILES string of the molecule is COc1cccc([C@]2(C#N)CC[C@H](Nc3ccc(C(=O)O)cc3)CC2)c1. The van der Waals surface area contributed by atoms with Crippen LogP contribution >= 0.6 is 0 Å². The van der Waals surface area contributed by atoms with Crippen LogP contribution in [0.1, 0.15) is 41.6 Å². The van der Waals surface area contributed by atoms with Crippen molar-refractivity contribution in [3.63, 3.8) is 0 Å². The first-order valence-electron chi connectivity index (χ1n) is 8.72. The number of ether oxygens (including phenoxy) is 1. The Morgan fingerprint density at radius 3 is 2.50 bits per heavy atom. The average Bonchev–Trinajstić information content (AvgIpc) is 2.69. The maximum Gasteiger partial charge on any atom is 0.335 e. The molecule has 0 aliphatic heterocycles. The highest BCUT2D eigenvalue weighted by Crippen LogP contribution is 2.40. The van der Waals surface area contributed by atoms with Gasteiger partial charge in [-0.15, -0.1) is 0 Å². The number of carboxylic acid groups (broad SMARTS) is 1. The number of benzene rings is 2. The zero-order chi connectivity index (χ0) is 18.6. The maximum atomic E-state index is 10.9. The summed E-state index contributed by atoms with van der Waals surface area (Å²) < 4.78 is 5.30. The lowest BCUT2D eigenvalue weighted by molar-refractivity contribution is 0.0697. The van der Waals surface area contributed by atoms with E-state index < -0.39 is 11.4 Å². The van der Waals surface area contributed by atoms with E-state index in [1.807, 2.05) is 24.3 Å². The number of nitriles is 1. The van der Waals surface area contributed by atoms with E-state index in [2.05, 4.69) is 11.4 Å². The number of rotatable bonds is 5. The predicted molar refractivity (Wildman–Crippen MR) is 99.6 cm³/mol. The predicted octanol–water partition coefficient (Wildman–Crippen LogP) is 4.21. The summed E-state index contributed by atoms with van der Waals surface area (Å²) in [5.41, 5.74) is 1.73. The topological polar surface area (TPSA) is 82.3 Å². The van der Waals surface area contributed by atoms with Crippen molar-refractivity contribution >= 4 is 11.7 Å². The van der Waals surface area contributed by atoms with E-state index in [9.17, 15) is 10.1 Å². The summed E-state index contributed by atoms with van der Waals surface area (Å²) in [4.78, 5) is 10.9. The minimum atomic E-state index is -0.925. The molecule has 5 nitrogen and oxygen atoms in total. The normalized spacial score (nSPS) is 22.2. The largest absolute Gasteiger partial charge is 0.497 e. The minimum absolute atomic E-state index is 0.276. The van der Waals surface area contributed by atoms with E-state index >= 15 is 0 Å². The zero-order valence-corrected chi connectivity index (χ0v) is 14.7. The quantitative estimate of drug-likeness (QED) is 0.844. The van der Waals surface area contributed by atoms with Gasteiger partial charge in [-0.05, 0) is 67.6 Å². The first kappa shape index (κ1) is 17.8. The van der Waals surface area contributed by atoms with Crippen molar-refractivity contribution in [1.82, 2.24) is 0 Å². The fraction of sp³-hybridized carbons (Fsp3) is 0.333. The van der Waals surface area contributed by atoms with E-state index in [4.69, 9.17) is 9.84 Å². The zero-order valence-electron chi connectivity index (χ0n) is 14.7. The summed E-state index contributed by atoms with van der Waals surface area (Å²) in [6.07, 6.45) is 3.32. The monoisotopic (exact) mass is 350 g/mol. The lowest BCUT2D eigenvalue weighted by atomic mass is 9.69. The summed E-state index contributed by atoms with van der Waals surface area (Å²) in [6, 6.07) is 17.4. The summed E-state index contributed by atoms with van der Waals surface area (Å²) in [5.74, 6) is -0.151. The van der Waals surface area contributed by atoms with Crippen LogP contribution < -0.4 is 10.1 Å². The van der Waals surface area contributed by atoms with Gasteiger partial charge >= 0.3 is 5.97 Å². The summed E-state index contributed by atoms with van der Waals surface area (Å²) in [7, 11) is 1.63.